The third-order valence-electron chi connectivity index (χ3n) is 1.64. The van der Waals surface area contributed by atoms with Crippen LogP contribution in [0.1, 0.15) is 11.1 Å². The van der Waals surface area contributed by atoms with Crippen molar-refractivity contribution in [2.75, 3.05) is 0 Å². The number of rotatable bonds is 3. The molecule has 0 saturated heterocycles. The van der Waals surface area contributed by atoms with Gasteiger partial charge in [-0.2, -0.15) is 0 Å². The highest BCUT2D eigenvalue weighted by molar-refractivity contribution is 5.63. The van der Waals surface area contributed by atoms with E-state index >= 15 is 0 Å². The van der Waals surface area contributed by atoms with Crippen LogP contribution >= 0.6 is 0 Å². The Bertz CT molecular complexity index is 347. The summed E-state index contributed by atoms with van der Waals surface area (Å²) in [6, 6.07) is 4.65. The molecule has 67 valence electrons. The Kier molecular flexibility index (Phi) is 2.76. The van der Waals surface area contributed by atoms with Crippen LogP contribution in [0.15, 0.2) is 24.8 Å². The molecule has 0 saturated carbocycles. The summed E-state index contributed by atoms with van der Waals surface area (Å²) in [4.78, 5) is 10.0. The molecule has 0 amide bonds. The van der Waals surface area contributed by atoms with Crippen molar-refractivity contribution >= 4 is 11.8 Å². The Labute approximate surface area is 75.3 Å². The molecule has 0 spiro atoms. The van der Waals surface area contributed by atoms with Crippen molar-refractivity contribution in [2.45, 2.75) is 0 Å². The van der Waals surface area contributed by atoms with E-state index in [0.717, 1.165) is 0 Å². The van der Waals surface area contributed by atoms with Crippen molar-refractivity contribution in [3.63, 3.8) is 0 Å². The zero-order valence-electron chi connectivity index (χ0n) is 6.80. The lowest BCUT2D eigenvalue weighted by atomic mass is 10.1. The number of nitro groups is 1. The van der Waals surface area contributed by atoms with Crippen LogP contribution in [-0.2, 0) is 0 Å². The molecule has 0 aliphatic carbocycles. The summed E-state index contributed by atoms with van der Waals surface area (Å²) in [5.74, 6) is 0. The summed E-state index contributed by atoms with van der Waals surface area (Å²) in [6.45, 7) is 4.16. The first-order chi connectivity index (χ1) is 6.20. The fourth-order valence-corrected chi connectivity index (χ4v) is 1.06. The molecule has 4 heteroatoms. The Morgan fingerprint density at radius 3 is 2.54 bits per heavy atom. The number of aliphatic hydroxyl groups excluding tert-OH is 1. The molecular formula is C9H8NO3. The van der Waals surface area contributed by atoms with E-state index in [0.29, 0.717) is 12.2 Å². The predicted molar refractivity (Wildman–Crippen MR) is 48.5 cm³/mol. The van der Waals surface area contributed by atoms with Gasteiger partial charge in [0.15, 0.2) is 0 Å². The van der Waals surface area contributed by atoms with Crippen molar-refractivity contribution in [1.29, 1.82) is 0 Å². The molecule has 0 aromatic heterocycles. The highest BCUT2D eigenvalue weighted by Crippen LogP contribution is 2.25. The van der Waals surface area contributed by atoms with Gasteiger partial charge in [0.2, 0.25) is 0 Å². The summed E-state index contributed by atoms with van der Waals surface area (Å²) < 4.78 is 0. The van der Waals surface area contributed by atoms with Gasteiger partial charge >= 0.3 is 0 Å². The van der Waals surface area contributed by atoms with Crippen LogP contribution in [-0.4, -0.2) is 10.0 Å². The van der Waals surface area contributed by atoms with Crippen LogP contribution in [0.2, 0.25) is 0 Å². The third-order valence-corrected chi connectivity index (χ3v) is 1.64. The molecule has 0 heterocycles. The van der Waals surface area contributed by atoms with Crippen LogP contribution in [0.25, 0.3) is 6.08 Å². The molecule has 0 aliphatic rings. The monoisotopic (exact) mass is 178 g/mol. The molecule has 0 unspecified atom stereocenters. The van der Waals surface area contributed by atoms with Gasteiger partial charge in [-0.1, -0.05) is 18.7 Å². The van der Waals surface area contributed by atoms with Gasteiger partial charge in [0.05, 0.1) is 16.1 Å². The number of hydrogen-bond donors (Lipinski definition) is 1. The summed E-state index contributed by atoms with van der Waals surface area (Å²) in [5, 5.41) is 19.3. The van der Waals surface area contributed by atoms with Gasteiger partial charge in [-0.3, -0.25) is 10.1 Å². The minimum absolute atomic E-state index is 0.125. The first-order valence-electron chi connectivity index (χ1n) is 3.58. The second-order valence-electron chi connectivity index (χ2n) is 2.38. The van der Waals surface area contributed by atoms with Crippen LogP contribution in [0.3, 0.4) is 0 Å². The molecule has 13 heavy (non-hydrogen) atoms. The highest BCUT2D eigenvalue weighted by atomic mass is 16.6. The summed E-state index contributed by atoms with van der Waals surface area (Å²) in [6.07, 6.45) is 1.38. The third kappa shape index (κ3) is 1.73. The minimum Gasteiger partial charge on any atom is -0.385 e. The SMILES string of the molecule is C=Cc1cccc([CH]O)c1[N+](=O)[O-]. The zero-order chi connectivity index (χ0) is 9.84. The van der Waals surface area contributed by atoms with Crippen molar-refractivity contribution in [2.24, 2.45) is 0 Å². The molecule has 0 fully saturated rings. The van der Waals surface area contributed by atoms with Crippen molar-refractivity contribution in [3.8, 4) is 0 Å². The lowest BCUT2D eigenvalue weighted by Gasteiger charge is -2.01. The fourth-order valence-electron chi connectivity index (χ4n) is 1.06. The van der Waals surface area contributed by atoms with Crippen LogP contribution < -0.4 is 0 Å². The average Bonchev–Trinajstić information content (AvgIpc) is 2.16. The summed E-state index contributed by atoms with van der Waals surface area (Å²) >= 11 is 0. The molecule has 0 aliphatic heterocycles. The van der Waals surface area contributed by atoms with E-state index < -0.39 is 4.92 Å². The smallest absolute Gasteiger partial charge is 0.282 e. The lowest BCUT2D eigenvalue weighted by Crippen LogP contribution is -1.96. The number of aliphatic hydroxyl groups is 1. The molecule has 1 radical (unpaired) electrons. The number of nitro benzene ring substituents is 1. The lowest BCUT2D eigenvalue weighted by molar-refractivity contribution is -0.385. The van der Waals surface area contributed by atoms with Crippen molar-refractivity contribution < 1.29 is 10.0 Å². The van der Waals surface area contributed by atoms with Gasteiger partial charge in [-0.15, -0.1) is 0 Å². The number of para-hydroxylation sites is 1. The molecule has 4 nitrogen and oxygen atoms in total. The van der Waals surface area contributed by atoms with E-state index in [4.69, 9.17) is 5.11 Å². The molecule has 0 bridgehead atoms. The topological polar surface area (TPSA) is 63.4 Å². The van der Waals surface area contributed by atoms with Gasteiger partial charge in [0.25, 0.3) is 5.69 Å². The number of benzene rings is 1. The van der Waals surface area contributed by atoms with E-state index in [1.807, 2.05) is 0 Å². The second-order valence-corrected chi connectivity index (χ2v) is 2.38. The highest BCUT2D eigenvalue weighted by Gasteiger charge is 2.16. The summed E-state index contributed by atoms with van der Waals surface area (Å²) in [7, 11) is 0. The Morgan fingerprint density at radius 1 is 1.46 bits per heavy atom. The molecule has 1 rings (SSSR count). The molecule has 1 aromatic carbocycles. The van der Waals surface area contributed by atoms with Crippen LogP contribution in [0.4, 0.5) is 5.69 Å². The molecular weight excluding hydrogens is 170 g/mol. The maximum absolute atomic E-state index is 10.6. The van der Waals surface area contributed by atoms with Gasteiger partial charge in [0, 0.05) is 0 Å². The second kappa shape index (κ2) is 3.82. The van der Waals surface area contributed by atoms with E-state index in [-0.39, 0.29) is 11.3 Å². The quantitative estimate of drug-likeness (QED) is 0.569. The normalized spacial score (nSPS) is 9.62. The van der Waals surface area contributed by atoms with Crippen molar-refractivity contribution in [1.82, 2.24) is 0 Å². The van der Waals surface area contributed by atoms with E-state index in [9.17, 15) is 10.1 Å². The first-order valence-corrected chi connectivity index (χ1v) is 3.58. The molecule has 0 atom stereocenters. The largest absolute Gasteiger partial charge is 0.385 e. The summed E-state index contributed by atoms with van der Waals surface area (Å²) in [5.41, 5.74) is 0.454. The average molecular weight is 178 g/mol. The Morgan fingerprint density at radius 2 is 2.08 bits per heavy atom. The Hall–Kier alpha value is -1.68. The van der Waals surface area contributed by atoms with Gasteiger partial charge in [0.1, 0.15) is 6.61 Å². The van der Waals surface area contributed by atoms with Crippen molar-refractivity contribution in [3.05, 3.63) is 52.6 Å². The maximum Gasteiger partial charge on any atom is 0.282 e. The van der Waals surface area contributed by atoms with Gasteiger partial charge in [-0.25, -0.2) is 0 Å². The standard InChI is InChI=1S/C9H8NO3/c1-2-7-4-3-5-8(6-11)9(7)10(12)13/h2-6,11H,1H2. The molecule has 1 N–H and O–H groups in total. The predicted octanol–water partition coefficient (Wildman–Crippen LogP) is 2.12. The Balaban J connectivity index is 3.38. The fraction of sp³-hybridized carbons (Fsp3) is 0. The first kappa shape index (κ1) is 9.41. The van der Waals surface area contributed by atoms with E-state index in [1.54, 1.807) is 12.1 Å². The number of nitrogens with zero attached hydrogens (tertiary/aromatic N) is 1. The van der Waals surface area contributed by atoms with Gasteiger partial charge < -0.3 is 5.11 Å². The van der Waals surface area contributed by atoms with Crippen LogP contribution in [0.5, 0.6) is 0 Å². The minimum atomic E-state index is -0.543. The van der Waals surface area contributed by atoms with Crippen LogP contribution in [0, 0.1) is 16.7 Å². The number of hydrogen-bond acceptors (Lipinski definition) is 3. The van der Waals surface area contributed by atoms with E-state index in [2.05, 4.69) is 6.58 Å². The molecule has 1 aromatic rings. The van der Waals surface area contributed by atoms with E-state index in [1.165, 1.54) is 12.1 Å². The van der Waals surface area contributed by atoms with Gasteiger partial charge in [-0.05, 0) is 12.1 Å². The zero-order valence-corrected chi connectivity index (χ0v) is 6.80. The maximum atomic E-state index is 10.6.